The van der Waals surface area contributed by atoms with Crippen molar-refractivity contribution < 1.29 is 14.6 Å². The first-order valence-electron chi connectivity index (χ1n) is 10.5. The minimum Gasteiger partial charge on any atom is -0.497 e. The maximum atomic E-state index is 12.3. The molecule has 0 spiro atoms. The van der Waals surface area contributed by atoms with Crippen molar-refractivity contribution in [2.75, 3.05) is 7.11 Å². The van der Waals surface area contributed by atoms with Crippen molar-refractivity contribution in [2.45, 2.75) is 19.6 Å². The molecule has 0 bridgehead atoms. The molecule has 5 nitrogen and oxygen atoms in total. The summed E-state index contributed by atoms with van der Waals surface area (Å²) in [4.78, 5) is 12.3. The summed E-state index contributed by atoms with van der Waals surface area (Å²) in [6.45, 7) is 5.36. The lowest BCUT2D eigenvalue weighted by atomic mass is 10.1. The summed E-state index contributed by atoms with van der Waals surface area (Å²) in [5.74, 6) is -0.115. The van der Waals surface area contributed by atoms with E-state index in [9.17, 15) is 9.90 Å². The molecular weight excluding hydrogens is 400 g/mol. The van der Waals surface area contributed by atoms with Gasteiger partial charge in [-0.3, -0.25) is 0 Å². The molecular formula is C27H26N2O3. The summed E-state index contributed by atoms with van der Waals surface area (Å²) in [7, 11) is 1.64. The summed E-state index contributed by atoms with van der Waals surface area (Å²) >= 11 is 0. The van der Waals surface area contributed by atoms with Crippen LogP contribution in [0.25, 0.3) is 17.0 Å². The van der Waals surface area contributed by atoms with Crippen molar-refractivity contribution in [3.05, 3.63) is 107 Å². The van der Waals surface area contributed by atoms with Crippen molar-refractivity contribution in [1.82, 2.24) is 9.88 Å². The van der Waals surface area contributed by atoms with Crippen molar-refractivity contribution in [3.8, 4) is 5.75 Å². The Hall–Kier alpha value is -3.83. The molecule has 1 aromatic heterocycles. The van der Waals surface area contributed by atoms with E-state index < -0.39 is 5.97 Å². The number of carboxylic acid groups (broad SMARTS) is 1. The maximum Gasteiger partial charge on any atom is 0.352 e. The third-order valence-corrected chi connectivity index (χ3v) is 5.62. The van der Waals surface area contributed by atoms with Crippen LogP contribution in [-0.2, 0) is 19.6 Å². The van der Waals surface area contributed by atoms with Crippen molar-refractivity contribution in [1.29, 1.82) is 0 Å². The molecule has 0 saturated carbocycles. The predicted octanol–water partition coefficient (Wildman–Crippen LogP) is 5.33. The van der Waals surface area contributed by atoms with E-state index in [1.165, 1.54) is 0 Å². The third-order valence-electron chi connectivity index (χ3n) is 5.62. The van der Waals surface area contributed by atoms with Gasteiger partial charge < -0.3 is 19.7 Å². The Balaban J connectivity index is 1.64. The number of aromatic nitrogens is 1. The summed E-state index contributed by atoms with van der Waals surface area (Å²) in [6, 6.07) is 23.7. The minimum atomic E-state index is -0.926. The first-order valence-corrected chi connectivity index (χ1v) is 10.5. The highest BCUT2D eigenvalue weighted by Crippen LogP contribution is 2.28. The van der Waals surface area contributed by atoms with Gasteiger partial charge in [-0.25, -0.2) is 4.79 Å². The zero-order valence-corrected chi connectivity index (χ0v) is 18.0. The second-order valence-electron chi connectivity index (χ2n) is 7.63. The lowest BCUT2D eigenvalue weighted by molar-refractivity contribution is 0.0684. The van der Waals surface area contributed by atoms with E-state index in [0.717, 1.165) is 38.9 Å². The van der Waals surface area contributed by atoms with Gasteiger partial charge in [0, 0.05) is 36.1 Å². The average Bonchev–Trinajstić information content (AvgIpc) is 3.13. The second-order valence-corrected chi connectivity index (χ2v) is 7.63. The van der Waals surface area contributed by atoms with Crippen LogP contribution in [0.15, 0.2) is 79.4 Å². The number of fused-ring (bicyclic) bond motifs is 1. The molecule has 2 N–H and O–H groups in total. The lowest BCUT2D eigenvalue weighted by Gasteiger charge is -2.10. The lowest BCUT2D eigenvalue weighted by Crippen LogP contribution is -2.17. The van der Waals surface area contributed by atoms with E-state index in [-0.39, 0.29) is 0 Å². The van der Waals surface area contributed by atoms with E-state index in [4.69, 9.17) is 4.74 Å². The Morgan fingerprint density at radius 1 is 1.00 bits per heavy atom. The van der Waals surface area contributed by atoms with Crippen LogP contribution in [0.2, 0.25) is 0 Å². The quantitative estimate of drug-likeness (QED) is 0.380. The Morgan fingerprint density at radius 2 is 1.69 bits per heavy atom. The molecule has 0 saturated heterocycles. The zero-order valence-electron chi connectivity index (χ0n) is 18.0. The molecule has 0 unspecified atom stereocenters. The summed E-state index contributed by atoms with van der Waals surface area (Å²) in [6.07, 6.45) is 1.80. The van der Waals surface area contributed by atoms with E-state index in [1.807, 2.05) is 77.4 Å². The monoisotopic (exact) mass is 426 g/mol. The number of hydrogen-bond donors (Lipinski definition) is 2. The van der Waals surface area contributed by atoms with Gasteiger partial charge in [-0.15, -0.1) is 0 Å². The molecule has 4 rings (SSSR count). The number of para-hydroxylation sites is 1. The molecule has 1 heterocycles. The number of nitrogens with one attached hydrogen (secondary N) is 1. The van der Waals surface area contributed by atoms with Crippen LogP contribution in [0.1, 0.15) is 32.7 Å². The fraction of sp³-hybridized carbons (Fsp3) is 0.148. The van der Waals surface area contributed by atoms with Crippen molar-refractivity contribution in [2.24, 2.45) is 0 Å². The van der Waals surface area contributed by atoms with E-state index in [1.54, 1.807) is 13.2 Å². The normalized spacial score (nSPS) is 10.9. The number of aromatic carboxylic acids is 1. The van der Waals surface area contributed by atoms with Gasteiger partial charge in [0.1, 0.15) is 11.4 Å². The fourth-order valence-corrected chi connectivity index (χ4v) is 3.98. The van der Waals surface area contributed by atoms with Gasteiger partial charge >= 0.3 is 5.97 Å². The number of rotatable bonds is 9. The smallest absolute Gasteiger partial charge is 0.352 e. The fourth-order valence-electron chi connectivity index (χ4n) is 3.98. The minimum absolute atomic E-state index is 0.321. The molecule has 0 fully saturated rings. The molecule has 32 heavy (non-hydrogen) atoms. The van der Waals surface area contributed by atoms with Crippen molar-refractivity contribution in [3.63, 3.8) is 0 Å². The molecule has 0 atom stereocenters. The van der Waals surface area contributed by atoms with Crippen LogP contribution in [0.3, 0.4) is 0 Å². The zero-order chi connectivity index (χ0) is 22.5. The SMILES string of the molecule is C=Cc1ccc(Cn2c(C(=O)O)c(CNCc3ccc(OC)cc3)c3ccccc32)cc1. The van der Waals surface area contributed by atoms with Gasteiger partial charge in [0.25, 0.3) is 0 Å². The van der Waals surface area contributed by atoms with Gasteiger partial charge in [-0.05, 0) is 34.9 Å². The Labute approximate surface area is 187 Å². The number of nitrogens with zero attached hydrogens (tertiary/aromatic N) is 1. The summed E-state index contributed by atoms with van der Waals surface area (Å²) in [5, 5.41) is 14.5. The highest BCUT2D eigenvalue weighted by molar-refractivity contribution is 5.98. The number of benzene rings is 3. The van der Waals surface area contributed by atoms with E-state index in [0.29, 0.717) is 25.3 Å². The third kappa shape index (κ3) is 4.43. The summed E-state index contributed by atoms with van der Waals surface area (Å²) < 4.78 is 7.10. The highest BCUT2D eigenvalue weighted by atomic mass is 16.5. The number of hydrogen-bond acceptors (Lipinski definition) is 3. The Morgan fingerprint density at radius 3 is 2.34 bits per heavy atom. The van der Waals surface area contributed by atoms with E-state index >= 15 is 0 Å². The number of methoxy groups -OCH3 is 1. The van der Waals surface area contributed by atoms with E-state index in [2.05, 4.69) is 11.9 Å². The maximum absolute atomic E-state index is 12.3. The molecule has 5 heteroatoms. The predicted molar refractivity (Wildman–Crippen MR) is 128 cm³/mol. The largest absolute Gasteiger partial charge is 0.497 e. The number of carboxylic acids is 1. The van der Waals surface area contributed by atoms with Crippen LogP contribution < -0.4 is 10.1 Å². The highest BCUT2D eigenvalue weighted by Gasteiger charge is 2.22. The Bertz CT molecular complexity index is 1240. The van der Waals surface area contributed by atoms with Gasteiger partial charge in [0.2, 0.25) is 0 Å². The summed E-state index contributed by atoms with van der Waals surface area (Å²) in [5.41, 5.74) is 5.21. The molecule has 3 aromatic carbocycles. The second kappa shape index (κ2) is 9.54. The van der Waals surface area contributed by atoms with Gasteiger partial charge in [-0.2, -0.15) is 0 Å². The van der Waals surface area contributed by atoms with Crippen molar-refractivity contribution >= 4 is 22.9 Å². The van der Waals surface area contributed by atoms with Gasteiger partial charge in [0.05, 0.1) is 7.11 Å². The first kappa shape index (κ1) is 21.4. The molecule has 162 valence electrons. The van der Waals surface area contributed by atoms with Crippen LogP contribution in [-0.4, -0.2) is 22.8 Å². The van der Waals surface area contributed by atoms with Crippen LogP contribution in [0, 0.1) is 0 Å². The molecule has 4 aromatic rings. The molecule has 0 amide bonds. The number of carbonyl (C=O) groups is 1. The van der Waals surface area contributed by atoms with Crippen LogP contribution >= 0.6 is 0 Å². The average molecular weight is 427 g/mol. The van der Waals surface area contributed by atoms with Crippen LogP contribution in [0.4, 0.5) is 0 Å². The molecule has 0 radical (unpaired) electrons. The molecule has 0 aliphatic carbocycles. The van der Waals surface area contributed by atoms with Crippen LogP contribution in [0.5, 0.6) is 5.75 Å². The molecule has 0 aliphatic heterocycles. The topological polar surface area (TPSA) is 63.5 Å². The van der Waals surface area contributed by atoms with Gasteiger partial charge in [0.15, 0.2) is 0 Å². The number of ether oxygens (including phenoxy) is 1. The first-order chi connectivity index (χ1) is 15.6. The standard InChI is InChI=1S/C27H26N2O3/c1-3-19-8-10-21(11-9-19)18-29-25-7-5-4-6-23(25)24(26(29)27(30)31)17-28-16-20-12-14-22(32-2)15-13-20/h3-15,28H,1,16-18H2,2H3,(H,30,31). The molecule has 0 aliphatic rings. The Kier molecular flexibility index (Phi) is 6.38. The van der Waals surface area contributed by atoms with Gasteiger partial charge in [-0.1, -0.05) is 67.3 Å².